The van der Waals surface area contributed by atoms with Gasteiger partial charge in [-0.05, 0) is 72.3 Å². The van der Waals surface area contributed by atoms with Crippen LogP contribution >= 0.6 is 39.3 Å². The predicted molar refractivity (Wildman–Crippen MR) is 135 cm³/mol. The normalized spacial score (nSPS) is 18.5. The van der Waals surface area contributed by atoms with Crippen molar-refractivity contribution in [1.29, 1.82) is 0 Å². The van der Waals surface area contributed by atoms with Gasteiger partial charge in [0.05, 0.1) is 5.57 Å². The minimum absolute atomic E-state index is 0.0515. The van der Waals surface area contributed by atoms with Gasteiger partial charge in [-0.15, -0.1) is 5.10 Å². The van der Waals surface area contributed by atoms with E-state index in [1.807, 2.05) is 37.3 Å². The van der Waals surface area contributed by atoms with Crippen LogP contribution < -0.4 is 5.32 Å². The van der Waals surface area contributed by atoms with Gasteiger partial charge >= 0.3 is 5.97 Å². The highest BCUT2D eigenvalue weighted by molar-refractivity contribution is 9.10. The lowest BCUT2D eigenvalue weighted by Crippen LogP contribution is -2.31. The van der Waals surface area contributed by atoms with Crippen LogP contribution in [0, 0.1) is 0 Å². The molecule has 1 aliphatic carbocycles. The second-order valence-corrected chi connectivity index (χ2v) is 10.5. The molecular formula is C24H24BrClN4O3S. The van der Waals surface area contributed by atoms with Gasteiger partial charge in [0, 0.05) is 16.5 Å². The Morgan fingerprint density at radius 3 is 2.79 bits per heavy atom. The summed E-state index contributed by atoms with van der Waals surface area (Å²) in [6.45, 7) is 1.86. The smallest absolute Gasteiger partial charge is 0.338 e. The zero-order valence-electron chi connectivity index (χ0n) is 18.6. The van der Waals surface area contributed by atoms with Crippen LogP contribution in [0.3, 0.4) is 0 Å². The molecule has 7 nitrogen and oxygen atoms in total. The van der Waals surface area contributed by atoms with Gasteiger partial charge in [0.1, 0.15) is 17.9 Å². The summed E-state index contributed by atoms with van der Waals surface area (Å²) in [6, 6.07) is 10.8. The van der Waals surface area contributed by atoms with Crippen LogP contribution in [0.25, 0.3) is 0 Å². The topological polar surface area (TPSA) is 82.2 Å². The van der Waals surface area contributed by atoms with Crippen molar-refractivity contribution in [3.63, 3.8) is 0 Å². The summed E-state index contributed by atoms with van der Waals surface area (Å²) in [7, 11) is 0. The molecule has 1 unspecified atom stereocenters. The monoisotopic (exact) mass is 562 g/mol. The van der Waals surface area contributed by atoms with Gasteiger partial charge in [-0.25, -0.2) is 9.48 Å². The molecule has 2 aliphatic rings. The van der Waals surface area contributed by atoms with Crippen molar-refractivity contribution in [3.8, 4) is 0 Å². The number of nitrogens with zero attached hydrogens (tertiary/aromatic N) is 3. The zero-order valence-corrected chi connectivity index (χ0v) is 21.8. The summed E-state index contributed by atoms with van der Waals surface area (Å²) < 4.78 is 14.1. The van der Waals surface area contributed by atoms with Gasteiger partial charge in [0.25, 0.3) is 0 Å². The average Bonchev–Trinajstić information content (AvgIpc) is 3.43. The lowest BCUT2D eigenvalue weighted by molar-refractivity contribution is -0.146. The quantitative estimate of drug-likeness (QED) is 0.263. The Labute approximate surface area is 215 Å². The number of hydrogen-bond acceptors (Lipinski definition) is 7. The number of aromatic nitrogens is 3. The molecule has 3 aromatic rings. The minimum atomic E-state index is -0.583. The maximum atomic E-state index is 13.4. The number of benzene rings is 1. The molecule has 1 fully saturated rings. The molecule has 0 bridgehead atoms. The van der Waals surface area contributed by atoms with Crippen LogP contribution in [0.4, 0.5) is 5.95 Å². The molecule has 1 aromatic carbocycles. The first-order valence-electron chi connectivity index (χ1n) is 11.3. The Morgan fingerprint density at radius 2 is 2.06 bits per heavy atom. The van der Waals surface area contributed by atoms with Gasteiger partial charge in [-0.3, -0.25) is 0 Å². The molecule has 178 valence electrons. The van der Waals surface area contributed by atoms with Crippen LogP contribution in [0.2, 0.25) is 5.02 Å². The number of hydrogen-bond donors (Lipinski definition) is 1. The lowest BCUT2D eigenvalue weighted by Gasteiger charge is -2.28. The summed E-state index contributed by atoms with van der Waals surface area (Å²) in [4.78, 5) is 18.0. The first-order valence-corrected chi connectivity index (χ1v) is 13.4. The Bertz CT molecular complexity index is 1230. The second-order valence-electron chi connectivity index (χ2n) is 8.42. The molecule has 1 saturated carbocycles. The molecule has 0 saturated heterocycles. The molecule has 0 radical (unpaired) electrons. The molecule has 1 atom stereocenters. The third-order valence-corrected chi connectivity index (χ3v) is 7.74. The van der Waals surface area contributed by atoms with E-state index in [1.165, 1.54) is 18.2 Å². The first kappa shape index (κ1) is 23.5. The van der Waals surface area contributed by atoms with E-state index in [9.17, 15) is 4.79 Å². The fraction of sp³-hybridized carbons (Fsp3) is 0.375. The average molecular weight is 564 g/mol. The summed E-state index contributed by atoms with van der Waals surface area (Å²) in [5.74, 6) is 1.41. The number of thioether (sulfide) groups is 1. The van der Waals surface area contributed by atoms with Crippen LogP contribution in [0.5, 0.6) is 0 Å². The number of esters is 1. The van der Waals surface area contributed by atoms with Gasteiger partial charge in [0.2, 0.25) is 11.1 Å². The summed E-state index contributed by atoms with van der Waals surface area (Å²) in [5, 5.41) is 9.25. The van der Waals surface area contributed by atoms with E-state index in [2.05, 4.69) is 26.2 Å². The number of fused-ring (bicyclic) bond motifs is 1. The number of nitrogens with one attached hydrogen (secondary N) is 1. The van der Waals surface area contributed by atoms with Crippen LogP contribution in [-0.2, 0) is 15.3 Å². The van der Waals surface area contributed by atoms with Crippen molar-refractivity contribution < 1.29 is 13.9 Å². The maximum Gasteiger partial charge on any atom is 0.338 e. The first-order chi connectivity index (χ1) is 16.5. The van der Waals surface area contributed by atoms with E-state index < -0.39 is 6.04 Å². The Balaban J connectivity index is 1.44. The van der Waals surface area contributed by atoms with E-state index in [1.54, 1.807) is 10.7 Å². The summed E-state index contributed by atoms with van der Waals surface area (Å²) >= 11 is 11.2. The largest absolute Gasteiger partial charge is 0.459 e. The number of carbonyl (C=O) groups excluding carboxylic acids is 1. The van der Waals surface area contributed by atoms with Crippen molar-refractivity contribution in [1.82, 2.24) is 14.8 Å². The SMILES string of the molecule is CC1=C(C(=O)OC2CCCCC2)C(c2ccc(Br)o2)n2nc(SCc3ccccc3Cl)nc2N1. The number of anilines is 1. The van der Waals surface area contributed by atoms with E-state index in [0.717, 1.165) is 31.2 Å². The molecule has 10 heteroatoms. The molecule has 1 aliphatic heterocycles. The van der Waals surface area contributed by atoms with E-state index in [4.69, 9.17) is 25.9 Å². The molecular weight excluding hydrogens is 540 g/mol. The van der Waals surface area contributed by atoms with Crippen molar-refractivity contribution in [2.75, 3.05) is 5.32 Å². The highest BCUT2D eigenvalue weighted by atomic mass is 79.9. The molecule has 2 aromatic heterocycles. The number of ether oxygens (including phenoxy) is 1. The highest BCUT2D eigenvalue weighted by Gasteiger charge is 2.38. The number of rotatable bonds is 6. The molecule has 3 heterocycles. The fourth-order valence-electron chi connectivity index (χ4n) is 4.35. The Morgan fingerprint density at radius 1 is 1.26 bits per heavy atom. The molecule has 0 amide bonds. The van der Waals surface area contributed by atoms with Crippen molar-refractivity contribution in [2.45, 2.75) is 62.1 Å². The van der Waals surface area contributed by atoms with E-state index >= 15 is 0 Å². The van der Waals surface area contributed by atoms with Crippen LogP contribution in [0.15, 0.2) is 61.9 Å². The van der Waals surface area contributed by atoms with Gasteiger partial charge in [0.15, 0.2) is 4.67 Å². The molecule has 34 heavy (non-hydrogen) atoms. The highest BCUT2D eigenvalue weighted by Crippen LogP contribution is 2.39. The second kappa shape index (κ2) is 10.2. The Kier molecular flexibility index (Phi) is 7.04. The van der Waals surface area contributed by atoms with Gasteiger partial charge in [-0.2, -0.15) is 4.98 Å². The zero-order chi connectivity index (χ0) is 23.7. The third kappa shape index (κ3) is 4.92. The number of allylic oxidation sites excluding steroid dienone is 1. The fourth-order valence-corrected chi connectivity index (χ4v) is 5.78. The van der Waals surface area contributed by atoms with Gasteiger partial charge in [-0.1, -0.05) is 48.0 Å². The number of carbonyl (C=O) groups is 1. The minimum Gasteiger partial charge on any atom is -0.459 e. The molecule has 5 rings (SSSR count). The number of halogens is 2. The Hall–Kier alpha value is -2.23. The predicted octanol–water partition coefficient (Wildman–Crippen LogP) is 6.74. The summed E-state index contributed by atoms with van der Waals surface area (Å²) in [5.41, 5.74) is 2.17. The standard InChI is InChI=1S/C24H24BrClN4O3S/c1-14-20(22(31)32-16-8-3-2-4-9-16)21(18-11-12-19(25)33-18)30-23(27-14)28-24(29-30)34-13-15-7-5-6-10-17(15)26/h5-7,10-12,16,21H,2-4,8-9,13H2,1H3,(H,27,28,29). The van der Waals surface area contributed by atoms with Crippen LogP contribution in [-0.4, -0.2) is 26.8 Å². The van der Waals surface area contributed by atoms with Gasteiger partial charge < -0.3 is 14.5 Å². The van der Waals surface area contributed by atoms with Crippen molar-refractivity contribution in [3.05, 3.63) is 68.7 Å². The molecule has 0 spiro atoms. The third-order valence-electron chi connectivity index (χ3n) is 6.06. The summed E-state index contributed by atoms with van der Waals surface area (Å²) in [6.07, 6.45) is 5.12. The number of furan rings is 1. The van der Waals surface area contributed by atoms with Crippen molar-refractivity contribution in [2.24, 2.45) is 0 Å². The molecule has 1 N–H and O–H groups in total. The van der Waals surface area contributed by atoms with Crippen molar-refractivity contribution >= 4 is 51.2 Å². The van der Waals surface area contributed by atoms with E-state index in [-0.39, 0.29) is 12.1 Å². The lowest BCUT2D eigenvalue weighted by atomic mass is 9.97. The van der Waals surface area contributed by atoms with Crippen LogP contribution in [0.1, 0.15) is 56.4 Å². The maximum absolute atomic E-state index is 13.4. The van der Waals surface area contributed by atoms with E-state index in [0.29, 0.717) is 43.6 Å².